The minimum absolute atomic E-state index is 0.0205. The predicted molar refractivity (Wildman–Crippen MR) is 101 cm³/mol. The minimum Gasteiger partial charge on any atom is -0.478 e. The van der Waals surface area contributed by atoms with Gasteiger partial charge in [0.1, 0.15) is 0 Å². The fraction of sp³-hybridized carbons (Fsp3) is 0.316. The van der Waals surface area contributed by atoms with Crippen molar-refractivity contribution in [2.45, 2.75) is 6.04 Å². The zero-order valence-corrected chi connectivity index (χ0v) is 14.5. The molecular formula is C19H23N5O2. The lowest BCUT2D eigenvalue weighted by atomic mass is 10.1. The number of carboxylic acid groups (broad SMARTS) is 1. The van der Waals surface area contributed by atoms with Gasteiger partial charge in [-0.2, -0.15) is 0 Å². The van der Waals surface area contributed by atoms with E-state index in [1.54, 1.807) is 0 Å². The molecule has 0 amide bonds. The van der Waals surface area contributed by atoms with Crippen molar-refractivity contribution in [1.82, 2.24) is 14.9 Å². The highest BCUT2D eigenvalue weighted by Crippen LogP contribution is 2.11. The van der Waals surface area contributed by atoms with Crippen molar-refractivity contribution in [2.24, 2.45) is 5.73 Å². The average molecular weight is 353 g/mol. The molecule has 2 heterocycles. The molecule has 1 aliphatic heterocycles. The molecule has 1 atom stereocenters. The molecule has 1 saturated heterocycles. The van der Waals surface area contributed by atoms with E-state index in [0.29, 0.717) is 5.95 Å². The Hall–Kier alpha value is -2.77. The van der Waals surface area contributed by atoms with Crippen LogP contribution in [0.3, 0.4) is 0 Å². The number of aromatic nitrogens is 2. The van der Waals surface area contributed by atoms with Crippen LogP contribution in [0.1, 0.15) is 15.9 Å². The first-order valence-electron chi connectivity index (χ1n) is 8.63. The van der Waals surface area contributed by atoms with E-state index >= 15 is 0 Å². The van der Waals surface area contributed by atoms with E-state index in [1.165, 1.54) is 12.4 Å². The number of benzene rings is 1. The summed E-state index contributed by atoms with van der Waals surface area (Å²) in [7, 11) is 0. The lowest BCUT2D eigenvalue weighted by Gasteiger charge is -2.35. The molecule has 26 heavy (non-hydrogen) atoms. The lowest BCUT2D eigenvalue weighted by molar-refractivity contribution is 0.0696. The van der Waals surface area contributed by atoms with E-state index in [4.69, 9.17) is 10.8 Å². The Bertz CT molecular complexity index is 740. The monoisotopic (exact) mass is 353 g/mol. The van der Waals surface area contributed by atoms with Crippen molar-refractivity contribution in [3.63, 3.8) is 0 Å². The Morgan fingerprint density at radius 2 is 1.81 bits per heavy atom. The van der Waals surface area contributed by atoms with Crippen LogP contribution in [-0.2, 0) is 0 Å². The van der Waals surface area contributed by atoms with Crippen LogP contribution in [0.5, 0.6) is 0 Å². The summed E-state index contributed by atoms with van der Waals surface area (Å²) >= 11 is 0. The molecule has 1 unspecified atom stereocenters. The fourth-order valence-electron chi connectivity index (χ4n) is 2.88. The van der Waals surface area contributed by atoms with Crippen molar-refractivity contribution >= 4 is 18.0 Å². The van der Waals surface area contributed by atoms with Crippen LogP contribution in [0.25, 0.3) is 6.08 Å². The molecule has 1 aromatic heterocycles. The maximum atomic E-state index is 10.9. The Morgan fingerprint density at radius 1 is 1.15 bits per heavy atom. The van der Waals surface area contributed by atoms with E-state index < -0.39 is 5.97 Å². The van der Waals surface area contributed by atoms with Gasteiger partial charge in [-0.3, -0.25) is 4.90 Å². The van der Waals surface area contributed by atoms with Crippen molar-refractivity contribution in [3.8, 4) is 0 Å². The molecule has 1 aliphatic rings. The maximum Gasteiger partial charge on any atom is 0.338 e. The van der Waals surface area contributed by atoms with Gasteiger partial charge in [0.25, 0.3) is 0 Å². The number of hydrogen-bond donors (Lipinski definition) is 2. The molecule has 3 N–H and O–H groups in total. The van der Waals surface area contributed by atoms with Crippen LogP contribution in [0.4, 0.5) is 5.95 Å². The van der Waals surface area contributed by atoms with Gasteiger partial charge in [0, 0.05) is 51.2 Å². The van der Waals surface area contributed by atoms with Crippen molar-refractivity contribution in [3.05, 3.63) is 59.9 Å². The molecular weight excluding hydrogens is 330 g/mol. The Kier molecular flexibility index (Phi) is 5.93. The summed E-state index contributed by atoms with van der Waals surface area (Å²) in [5.74, 6) is -0.443. The number of piperazine rings is 1. The van der Waals surface area contributed by atoms with E-state index in [2.05, 4.69) is 38.0 Å². The number of anilines is 1. The standard InChI is InChI=1S/C19H23N5O2/c20-17(7-6-15-4-2-1-3-5-15)14-23-8-10-24(11-9-23)19-21-12-16(13-22-19)18(25)26/h1-7,12-13,17H,8-11,14,20H2,(H,25,26)/b7-6+. The van der Waals surface area contributed by atoms with Gasteiger partial charge in [0.15, 0.2) is 0 Å². The van der Waals surface area contributed by atoms with Gasteiger partial charge < -0.3 is 15.7 Å². The fourth-order valence-corrected chi connectivity index (χ4v) is 2.88. The molecule has 7 heteroatoms. The summed E-state index contributed by atoms with van der Waals surface area (Å²) < 4.78 is 0. The van der Waals surface area contributed by atoms with Gasteiger partial charge in [0.05, 0.1) is 5.56 Å². The largest absolute Gasteiger partial charge is 0.478 e. The number of carbonyl (C=O) groups is 1. The molecule has 0 aliphatic carbocycles. The van der Waals surface area contributed by atoms with Crippen LogP contribution in [0.2, 0.25) is 0 Å². The number of aromatic carboxylic acids is 1. The second kappa shape index (κ2) is 8.55. The van der Waals surface area contributed by atoms with E-state index in [9.17, 15) is 4.79 Å². The molecule has 0 bridgehead atoms. The van der Waals surface area contributed by atoms with Gasteiger partial charge in [-0.05, 0) is 5.56 Å². The first-order chi connectivity index (χ1) is 12.6. The zero-order valence-electron chi connectivity index (χ0n) is 14.5. The molecule has 0 spiro atoms. The zero-order chi connectivity index (χ0) is 18.4. The first-order valence-corrected chi connectivity index (χ1v) is 8.63. The number of hydrogen-bond acceptors (Lipinski definition) is 6. The molecule has 1 aromatic carbocycles. The molecule has 3 rings (SSSR count). The highest BCUT2D eigenvalue weighted by atomic mass is 16.4. The second-order valence-corrected chi connectivity index (χ2v) is 6.30. The van der Waals surface area contributed by atoms with Gasteiger partial charge in [-0.25, -0.2) is 14.8 Å². The number of nitrogens with two attached hydrogens (primary N) is 1. The van der Waals surface area contributed by atoms with E-state index in [-0.39, 0.29) is 11.6 Å². The maximum absolute atomic E-state index is 10.9. The highest BCUT2D eigenvalue weighted by molar-refractivity contribution is 5.86. The number of rotatable bonds is 6. The predicted octanol–water partition coefficient (Wildman–Crippen LogP) is 1.34. The molecule has 2 aromatic rings. The van der Waals surface area contributed by atoms with Crippen LogP contribution < -0.4 is 10.6 Å². The van der Waals surface area contributed by atoms with Crippen LogP contribution in [0.15, 0.2) is 48.8 Å². The lowest BCUT2D eigenvalue weighted by Crippen LogP contribution is -2.50. The van der Waals surface area contributed by atoms with Gasteiger partial charge in [-0.1, -0.05) is 42.5 Å². The van der Waals surface area contributed by atoms with Crippen LogP contribution >= 0.6 is 0 Å². The van der Waals surface area contributed by atoms with Gasteiger partial charge >= 0.3 is 5.97 Å². The summed E-state index contributed by atoms with van der Waals surface area (Å²) in [4.78, 5) is 23.5. The van der Waals surface area contributed by atoms with Gasteiger partial charge in [0.2, 0.25) is 5.95 Å². The molecule has 7 nitrogen and oxygen atoms in total. The SMILES string of the molecule is NC(/C=C/c1ccccc1)CN1CCN(c2ncc(C(=O)O)cn2)CC1. The van der Waals surface area contributed by atoms with E-state index in [0.717, 1.165) is 38.3 Å². The Morgan fingerprint density at radius 3 is 2.42 bits per heavy atom. The van der Waals surface area contributed by atoms with Crippen LogP contribution in [0, 0.1) is 0 Å². The first kappa shape index (κ1) is 18.0. The summed E-state index contributed by atoms with van der Waals surface area (Å²) in [6.45, 7) is 4.13. The van der Waals surface area contributed by atoms with Gasteiger partial charge in [-0.15, -0.1) is 0 Å². The number of carboxylic acids is 1. The smallest absolute Gasteiger partial charge is 0.338 e. The Balaban J connectivity index is 1.47. The summed E-state index contributed by atoms with van der Waals surface area (Å²) in [6, 6.07) is 10.1. The minimum atomic E-state index is -1.01. The van der Waals surface area contributed by atoms with Crippen molar-refractivity contribution in [1.29, 1.82) is 0 Å². The van der Waals surface area contributed by atoms with Crippen molar-refractivity contribution in [2.75, 3.05) is 37.6 Å². The summed E-state index contributed by atoms with van der Waals surface area (Å²) in [5.41, 5.74) is 7.47. The molecule has 136 valence electrons. The topological polar surface area (TPSA) is 95.6 Å². The molecule has 1 fully saturated rings. The number of nitrogens with zero attached hydrogens (tertiary/aromatic N) is 4. The third kappa shape index (κ3) is 4.87. The summed E-state index contributed by atoms with van der Waals surface area (Å²) in [6.07, 6.45) is 6.79. The normalized spacial score (nSPS) is 16.7. The average Bonchev–Trinajstić information content (AvgIpc) is 2.68. The van der Waals surface area contributed by atoms with Crippen molar-refractivity contribution < 1.29 is 9.90 Å². The summed E-state index contributed by atoms with van der Waals surface area (Å²) in [5, 5.41) is 8.90. The molecule has 0 radical (unpaired) electrons. The third-order valence-electron chi connectivity index (χ3n) is 4.34. The highest BCUT2D eigenvalue weighted by Gasteiger charge is 2.20. The quantitative estimate of drug-likeness (QED) is 0.809. The molecule has 0 saturated carbocycles. The van der Waals surface area contributed by atoms with E-state index in [1.807, 2.05) is 24.3 Å². The Labute approximate surface area is 152 Å². The second-order valence-electron chi connectivity index (χ2n) is 6.30. The van der Waals surface area contributed by atoms with Crippen LogP contribution in [-0.4, -0.2) is 64.7 Å². The third-order valence-corrected chi connectivity index (χ3v) is 4.34.